The van der Waals surface area contributed by atoms with Crippen LogP contribution in [0.25, 0.3) is 5.69 Å². The van der Waals surface area contributed by atoms with Gasteiger partial charge in [-0.15, -0.1) is 0 Å². The first-order valence-electron chi connectivity index (χ1n) is 10.2. The first kappa shape index (κ1) is 23.4. The molecule has 2 aromatic carbocycles. The normalized spacial score (nSPS) is 10.4. The Morgan fingerprint density at radius 2 is 1.79 bits per heavy atom. The molecule has 0 aliphatic rings. The van der Waals surface area contributed by atoms with E-state index in [4.69, 9.17) is 9.47 Å². The molecular formula is C24H23N3O6. The minimum absolute atomic E-state index is 0.0938. The molecule has 1 heterocycles. The number of hydrogen-bond acceptors (Lipinski definition) is 7. The van der Waals surface area contributed by atoms with Gasteiger partial charge in [-0.1, -0.05) is 29.8 Å². The smallest absolute Gasteiger partial charge is 0.362 e. The minimum atomic E-state index is -0.789. The van der Waals surface area contributed by atoms with Crippen molar-refractivity contribution in [1.82, 2.24) is 9.78 Å². The van der Waals surface area contributed by atoms with Crippen molar-refractivity contribution in [2.45, 2.75) is 20.8 Å². The first-order valence-corrected chi connectivity index (χ1v) is 10.2. The summed E-state index contributed by atoms with van der Waals surface area (Å²) in [5, 5.41) is 6.72. The summed E-state index contributed by atoms with van der Waals surface area (Å²) in [4.78, 5) is 48.9. The number of aryl methyl sites for hydroxylation is 1. The second kappa shape index (κ2) is 10.4. The van der Waals surface area contributed by atoms with Crippen molar-refractivity contribution < 1.29 is 23.9 Å². The number of carbonyl (C=O) groups excluding carboxylic acids is 3. The number of amides is 1. The number of carbonyl (C=O) groups is 3. The number of benzene rings is 2. The largest absolute Gasteiger partial charge is 0.481 e. The molecule has 0 unspecified atom stereocenters. The van der Waals surface area contributed by atoms with Crippen LogP contribution in [0.4, 0.5) is 5.69 Å². The van der Waals surface area contributed by atoms with Crippen molar-refractivity contribution >= 4 is 23.3 Å². The van der Waals surface area contributed by atoms with E-state index in [1.807, 2.05) is 19.1 Å². The van der Waals surface area contributed by atoms with Crippen LogP contribution in [-0.4, -0.2) is 40.7 Å². The van der Waals surface area contributed by atoms with Gasteiger partial charge in [-0.3, -0.25) is 14.4 Å². The zero-order valence-electron chi connectivity index (χ0n) is 18.5. The summed E-state index contributed by atoms with van der Waals surface area (Å²) in [7, 11) is 0. The topological polar surface area (TPSA) is 117 Å². The lowest BCUT2D eigenvalue weighted by atomic mass is 10.1. The Morgan fingerprint density at radius 3 is 2.45 bits per heavy atom. The van der Waals surface area contributed by atoms with Gasteiger partial charge in [0.25, 0.3) is 11.5 Å². The van der Waals surface area contributed by atoms with E-state index in [1.54, 1.807) is 37.3 Å². The van der Waals surface area contributed by atoms with E-state index in [1.165, 1.54) is 13.0 Å². The monoisotopic (exact) mass is 449 g/mol. The van der Waals surface area contributed by atoms with Crippen LogP contribution >= 0.6 is 0 Å². The molecule has 33 heavy (non-hydrogen) atoms. The van der Waals surface area contributed by atoms with Gasteiger partial charge in [0.15, 0.2) is 18.1 Å². The quantitative estimate of drug-likeness (QED) is 0.415. The molecule has 9 heteroatoms. The average molecular weight is 449 g/mol. The molecule has 0 saturated heterocycles. The average Bonchev–Trinajstić information content (AvgIpc) is 2.78. The molecule has 0 aliphatic carbocycles. The van der Waals surface area contributed by atoms with E-state index in [9.17, 15) is 19.2 Å². The molecule has 3 aromatic rings. The van der Waals surface area contributed by atoms with Crippen LogP contribution in [0, 0.1) is 6.92 Å². The van der Waals surface area contributed by atoms with Crippen LogP contribution in [0.15, 0.2) is 59.4 Å². The zero-order chi connectivity index (χ0) is 24.0. The number of esters is 1. The summed E-state index contributed by atoms with van der Waals surface area (Å²) in [6.45, 7) is 4.56. The van der Waals surface area contributed by atoms with Gasteiger partial charge >= 0.3 is 5.97 Å². The Hall–Kier alpha value is -4.27. The molecule has 0 saturated carbocycles. The van der Waals surface area contributed by atoms with Gasteiger partial charge in [-0.25, -0.2) is 4.79 Å². The van der Waals surface area contributed by atoms with E-state index in [2.05, 4.69) is 10.4 Å². The van der Waals surface area contributed by atoms with Crippen LogP contribution in [0.2, 0.25) is 0 Å². The number of hydrogen-bond donors (Lipinski definition) is 1. The Bertz CT molecular complexity index is 1250. The molecular weight excluding hydrogens is 426 g/mol. The maximum Gasteiger partial charge on any atom is 0.362 e. The molecule has 170 valence electrons. The van der Waals surface area contributed by atoms with Crippen LogP contribution in [-0.2, 0) is 9.53 Å². The van der Waals surface area contributed by atoms with Gasteiger partial charge in [0.1, 0.15) is 0 Å². The van der Waals surface area contributed by atoms with E-state index >= 15 is 0 Å². The molecule has 9 nitrogen and oxygen atoms in total. The third kappa shape index (κ3) is 5.91. The van der Waals surface area contributed by atoms with Crippen molar-refractivity contribution in [2.24, 2.45) is 0 Å². The molecule has 0 spiro atoms. The second-order valence-electron chi connectivity index (χ2n) is 7.14. The lowest BCUT2D eigenvalue weighted by Gasteiger charge is -2.13. The standard InChI is InChI=1S/C24H23N3O6/c1-4-32-24(31)23-20(13-22(30)27(26-23)19-10-8-15(2)9-11-19)33-14-21(29)25-18-7-5-6-17(12-18)16(3)28/h5-13H,4,14H2,1-3H3,(H,25,29). The third-order valence-corrected chi connectivity index (χ3v) is 4.56. The lowest BCUT2D eigenvalue weighted by Crippen LogP contribution is -2.27. The lowest BCUT2D eigenvalue weighted by molar-refractivity contribution is -0.118. The Labute approximate surface area is 190 Å². The Kier molecular flexibility index (Phi) is 7.34. The summed E-state index contributed by atoms with van der Waals surface area (Å²) in [5.74, 6) is -1.65. The van der Waals surface area contributed by atoms with Crippen LogP contribution in [0.3, 0.4) is 0 Å². The first-order chi connectivity index (χ1) is 15.8. The molecule has 3 rings (SSSR count). The summed E-state index contributed by atoms with van der Waals surface area (Å²) >= 11 is 0. The molecule has 0 aliphatic heterocycles. The summed E-state index contributed by atoms with van der Waals surface area (Å²) in [6.07, 6.45) is 0. The number of nitrogens with one attached hydrogen (secondary N) is 1. The van der Waals surface area contributed by atoms with Crippen molar-refractivity contribution in [3.05, 3.63) is 81.8 Å². The van der Waals surface area contributed by atoms with E-state index in [0.29, 0.717) is 16.9 Å². The summed E-state index contributed by atoms with van der Waals surface area (Å²) in [5.41, 5.74) is 1.54. The SMILES string of the molecule is CCOC(=O)c1nn(-c2ccc(C)cc2)c(=O)cc1OCC(=O)Nc1cccc(C(C)=O)c1. The van der Waals surface area contributed by atoms with Crippen LogP contribution < -0.4 is 15.6 Å². The highest BCUT2D eigenvalue weighted by molar-refractivity contribution is 5.97. The molecule has 0 bridgehead atoms. The number of ether oxygens (including phenoxy) is 2. The predicted molar refractivity (Wildman–Crippen MR) is 121 cm³/mol. The van der Waals surface area contributed by atoms with E-state index in [-0.39, 0.29) is 23.8 Å². The number of nitrogens with zero attached hydrogens (tertiary/aromatic N) is 2. The third-order valence-electron chi connectivity index (χ3n) is 4.56. The fraction of sp³-hybridized carbons (Fsp3) is 0.208. The second-order valence-corrected chi connectivity index (χ2v) is 7.14. The molecule has 0 radical (unpaired) electrons. The highest BCUT2D eigenvalue weighted by atomic mass is 16.5. The molecule has 1 aromatic heterocycles. The number of anilines is 1. The molecule has 0 atom stereocenters. The van der Waals surface area contributed by atoms with Gasteiger partial charge in [-0.2, -0.15) is 9.78 Å². The van der Waals surface area contributed by atoms with E-state index in [0.717, 1.165) is 16.3 Å². The van der Waals surface area contributed by atoms with Crippen molar-refractivity contribution in [2.75, 3.05) is 18.5 Å². The maximum absolute atomic E-state index is 12.6. The maximum atomic E-state index is 12.6. The summed E-state index contributed by atoms with van der Waals surface area (Å²) < 4.78 is 11.5. The van der Waals surface area contributed by atoms with Gasteiger partial charge in [0.05, 0.1) is 18.4 Å². The van der Waals surface area contributed by atoms with Crippen LogP contribution in [0.1, 0.15) is 40.3 Å². The summed E-state index contributed by atoms with van der Waals surface area (Å²) in [6, 6.07) is 14.5. The number of aromatic nitrogens is 2. The van der Waals surface area contributed by atoms with E-state index < -0.39 is 24.0 Å². The fourth-order valence-electron chi connectivity index (χ4n) is 2.92. The van der Waals surface area contributed by atoms with Crippen molar-refractivity contribution in [1.29, 1.82) is 0 Å². The molecule has 1 N–H and O–H groups in total. The van der Waals surface area contributed by atoms with Crippen molar-refractivity contribution in [3.8, 4) is 11.4 Å². The van der Waals surface area contributed by atoms with Crippen LogP contribution in [0.5, 0.6) is 5.75 Å². The van der Waals surface area contributed by atoms with Gasteiger partial charge < -0.3 is 14.8 Å². The van der Waals surface area contributed by atoms with Gasteiger partial charge in [0.2, 0.25) is 5.69 Å². The highest BCUT2D eigenvalue weighted by Crippen LogP contribution is 2.17. The van der Waals surface area contributed by atoms with Gasteiger partial charge in [-0.05, 0) is 45.0 Å². The number of ketones is 1. The number of Topliss-reactive ketones (excluding diaryl/α,β-unsaturated/α-hetero) is 1. The zero-order valence-corrected chi connectivity index (χ0v) is 18.5. The molecule has 1 amide bonds. The minimum Gasteiger partial charge on any atom is -0.481 e. The molecule has 0 fully saturated rings. The fourth-order valence-corrected chi connectivity index (χ4v) is 2.92. The Balaban J connectivity index is 1.83. The Morgan fingerprint density at radius 1 is 1.06 bits per heavy atom. The van der Waals surface area contributed by atoms with Gasteiger partial charge in [0, 0.05) is 11.3 Å². The van der Waals surface area contributed by atoms with Crippen molar-refractivity contribution in [3.63, 3.8) is 0 Å². The predicted octanol–water partition coefficient (Wildman–Crippen LogP) is 2.94. The number of rotatable bonds is 8. The highest BCUT2D eigenvalue weighted by Gasteiger charge is 2.20.